The van der Waals surface area contributed by atoms with E-state index in [0.717, 1.165) is 18.4 Å². The highest BCUT2D eigenvalue weighted by atomic mass is 16.5. The maximum atomic E-state index is 12.2. The van der Waals surface area contributed by atoms with E-state index in [1.807, 2.05) is 0 Å². The lowest BCUT2D eigenvalue weighted by atomic mass is 9.99. The zero-order valence-electron chi connectivity index (χ0n) is 15.6. The van der Waals surface area contributed by atoms with Gasteiger partial charge in [0.25, 0.3) is 0 Å². The minimum absolute atomic E-state index is 0.0314. The first-order chi connectivity index (χ1) is 12.9. The molecule has 146 valence electrons. The highest BCUT2D eigenvalue weighted by Crippen LogP contribution is 2.32. The number of carbonyl (C=O) groups excluding carboxylic acids is 3. The van der Waals surface area contributed by atoms with E-state index >= 15 is 0 Å². The second-order valence-electron chi connectivity index (χ2n) is 7.18. The van der Waals surface area contributed by atoms with Crippen LogP contribution < -0.4 is 5.32 Å². The molecule has 3 rings (SSSR count). The van der Waals surface area contributed by atoms with Crippen LogP contribution in [0.5, 0.6) is 0 Å². The van der Waals surface area contributed by atoms with Gasteiger partial charge in [0, 0.05) is 25.7 Å². The predicted molar refractivity (Wildman–Crippen MR) is 97.8 cm³/mol. The summed E-state index contributed by atoms with van der Waals surface area (Å²) in [6.45, 7) is -0.578. The molecule has 1 aliphatic heterocycles. The SMILES string of the molecule is CN(C)C(=O)CN1C(=O)CO[C@H](c2ccc(NC(=O)C3CC3)cc2)[C@H]1CO. The summed E-state index contributed by atoms with van der Waals surface area (Å²) in [5.41, 5.74) is 1.47. The Morgan fingerprint density at radius 3 is 2.48 bits per heavy atom. The zero-order valence-corrected chi connectivity index (χ0v) is 15.6. The molecule has 2 aliphatic rings. The quantitative estimate of drug-likeness (QED) is 0.749. The number of carbonyl (C=O) groups is 3. The summed E-state index contributed by atoms with van der Waals surface area (Å²) in [4.78, 5) is 38.9. The van der Waals surface area contributed by atoms with Crippen molar-refractivity contribution < 1.29 is 24.2 Å². The number of nitrogens with zero attached hydrogens (tertiary/aromatic N) is 2. The number of nitrogens with one attached hydrogen (secondary N) is 1. The van der Waals surface area contributed by atoms with Gasteiger partial charge in [-0.05, 0) is 30.5 Å². The Kier molecular flexibility index (Phi) is 5.76. The van der Waals surface area contributed by atoms with Gasteiger partial charge in [0.05, 0.1) is 12.6 Å². The molecule has 8 nitrogen and oxygen atoms in total. The molecular formula is C19H25N3O5. The fraction of sp³-hybridized carbons (Fsp3) is 0.526. The molecule has 0 bridgehead atoms. The Bertz CT molecular complexity index is 715. The van der Waals surface area contributed by atoms with Gasteiger partial charge in [-0.3, -0.25) is 14.4 Å². The van der Waals surface area contributed by atoms with Crippen molar-refractivity contribution in [2.75, 3.05) is 39.2 Å². The first-order valence-corrected chi connectivity index (χ1v) is 9.03. The number of anilines is 1. The molecule has 2 atom stereocenters. The number of aliphatic hydroxyl groups is 1. The molecule has 8 heteroatoms. The summed E-state index contributed by atoms with van der Waals surface area (Å²) in [5, 5.41) is 12.7. The summed E-state index contributed by atoms with van der Waals surface area (Å²) in [6, 6.07) is 6.51. The van der Waals surface area contributed by atoms with Crippen molar-refractivity contribution in [2.45, 2.75) is 25.0 Å². The largest absolute Gasteiger partial charge is 0.394 e. The Morgan fingerprint density at radius 2 is 1.93 bits per heavy atom. The molecule has 2 N–H and O–H groups in total. The normalized spacial score (nSPS) is 22.5. The molecule has 1 saturated heterocycles. The molecule has 1 heterocycles. The van der Waals surface area contributed by atoms with Gasteiger partial charge in [0.15, 0.2) is 0 Å². The average Bonchev–Trinajstić information content (AvgIpc) is 3.49. The van der Waals surface area contributed by atoms with Gasteiger partial charge in [0.1, 0.15) is 19.3 Å². The Morgan fingerprint density at radius 1 is 1.26 bits per heavy atom. The van der Waals surface area contributed by atoms with Gasteiger partial charge in [-0.25, -0.2) is 0 Å². The van der Waals surface area contributed by atoms with Crippen LogP contribution in [0.25, 0.3) is 0 Å². The average molecular weight is 375 g/mol. The lowest BCUT2D eigenvalue weighted by Gasteiger charge is -2.40. The van der Waals surface area contributed by atoms with Gasteiger partial charge >= 0.3 is 0 Å². The molecule has 2 fully saturated rings. The van der Waals surface area contributed by atoms with Crippen molar-refractivity contribution in [3.8, 4) is 0 Å². The monoisotopic (exact) mass is 375 g/mol. The molecule has 0 unspecified atom stereocenters. The standard InChI is InChI=1S/C19H25N3O5/c1-21(2)16(24)9-22-15(10-23)18(27-11-17(22)25)12-5-7-14(8-6-12)20-19(26)13-3-4-13/h5-8,13,15,18,23H,3-4,9-11H2,1-2H3,(H,20,26)/t15-,18-/m1/s1. The second-order valence-corrected chi connectivity index (χ2v) is 7.18. The van der Waals surface area contributed by atoms with Crippen LogP contribution in [0.2, 0.25) is 0 Å². The predicted octanol–water partition coefficient (Wildman–Crippen LogP) is 0.384. The maximum absolute atomic E-state index is 12.2. The van der Waals surface area contributed by atoms with Gasteiger partial charge in [-0.2, -0.15) is 0 Å². The number of benzene rings is 1. The first kappa shape index (κ1) is 19.3. The molecule has 1 aromatic carbocycles. The van der Waals surface area contributed by atoms with Crippen molar-refractivity contribution >= 4 is 23.4 Å². The fourth-order valence-electron chi connectivity index (χ4n) is 3.05. The van der Waals surface area contributed by atoms with Crippen LogP contribution in [0.15, 0.2) is 24.3 Å². The molecule has 0 spiro atoms. The Hall–Kier alpha value is -2.45. The number of ether oxygens (including phenoxy) is 1. The van der Waals surface area contributed by atoms with Crippen LogP contribution in [0.4, 0.5) is 5.69 Å². The summed E-state index contributed by atoms with van der Waals surface area (Å²) < 4.78 is 5.66. The van der Waals surface area contributed by atoms with E-state index in [9.17, 15) is 19.5 Å². The van der Waals surface area contributed by atoms with Crippen molar-refractivity contribution in [3.63, 3.8) is 0 Å². The number of likely N-dealkylation sites (N-methyl/N-ethyl adjacent to an activating group) is 1. The summed E-state index contributed by atoms with van der Waals surface area (Å²) in [5.74, 6) is -0.391. The number of hydrogen-bond acceptors (Lipinski definition) is 5. The number of morpholine rings is 1. The van der Waals surface area contributed by atoms with E-state index in [1.54, 1.807) is 38.4 Å². The van der Waals surface area contributed by atoms with E-state index in [0.29, 0.717) is 5.69 Å². The lowest BCUT2D eigenvalue weighted by Crippen LogP contribution is -2.55. The highest BCUT2D eigenvalue weighted by molar-refractivity contribution is 5.94. The van der Waals surface area contributed by atoms with Crippen molar-refractivity contribution in [2.24, 2.45) is 5.92 Å². The third kappa shape index (κ3) is 4.45. The summed E-state index contributed by atoms with van der Waals surface area (Å²) in [7, 11) is 3.24. The topological polar surface area (TPSA) is 99.2 Å². The van der Waals surface area contributed by atoms with E-state index in [1.165, 1.54) is 9.80 Å². The van der Waals surface area contributed by atoms with Gasteiger partial charge in [-0.1, -0.05) is 12.1 Å². The Balaban J connectivity index is 1.72. The van der Waals surface area contributed by atoms with Crippen LogP contribution in [0.1, 0.15) is 24.5 Å². The smallest absolute Gasteiger partial charge is 0.249 e. The summed E-state index contributed by atoms with van der Waals surface area (Å²) >= 11 is 0. The van der Waals surface area contributed by atoms with E-state index in [-0.39, 0.29) is 43.4 Å². The van der Waals surface area contributed by atoms with Crippen molar-refractivity contribution in [3.05, 3.63) is 29.8 Å². The highest BCUT2D eigenvalue weighted by Gasteiger charge is 2.38. The van der Waals surface area contributed by atoms with Gasteiger partial charge in [-0.15, -0.1) is 0 Å². The molecule has 1 saturated carbocycles. The number of amides is 3. The molecule has 1 aliphatic carbocycles. The maximum Gasteiger partial charge on any atom is 0.249 e. The van der Waals surface area contributed by atoms with Crippen molar-refractivity contribution in [1.82, 2.24) is 9.80 Å². The van der Waals surface area contributed by atoms with Crippen molar-refractivity contribution in [1.29, 1.82) is 0 Å². The minimum Gasteiger partial charge on any atom is -0.394 e. The summed E-state index contributed by atoms with van der Waals surface area (Å²) in [6.07, 6.45) is 1.33. The van der Waals surface area contributed by atoms with E-state index in [4.69, 9.17) is 4.74 Å². The number of hydrogen-bond donors (Lipinski definition) is 2. The van der Waals surface area contributed by atoms with Crippen LogP contribution in [-0.4, -0.2) is 72.5 Å². The van der Waals surface area contributed by atoms with Crippen LogP contribution in [-0.2, 0) is 19.1 Å². The minimum atomic E-state index is -0.651. The van der Waals surface area contributed by atoms with Gasteiger partial charge in [0.2, 0.25) is 17.7 Å². The Labute approximate surface area is 158 Å². The fourth-order valence-corrected chi connectivity index (χ4v) is 3.05. The second kappa shape index (κ2) is 8.06. The number of rotatable bonds is 6. The number of aliphatic hydroxyl groups excluding tert-OH is 1. The molecule has 0 radical (unpaired) electrons. The van der Waals surface area contributed by atoms with E-state index in [2.05, 4.69) is 5.32 Å². The molecule has 27 heavy (non-hydrogen) atoms. The van der Waals surface area contributed by atoms with Crippen LogP contribution in [0, 0.1) is 5.92 Å². The van der Waals surface area contributed by atoms with Crippen LogP contribution in [0.3, 0.4) is 0 Å². The first-order valence-electron chi connectivity index (χ1n) is 9.03. The lowest BCUT2D eigenvalue weighted by molar-refractivity contribution is -0.164. The molecule has 1 aromatic rings. The van der Waals surface area contributed by atoms with Gasteiger partial charge < -0.3 is 25.0 Å². The molecule has 0 aromatic heterocycles. The van der Waals surface area contributed by atoms with E-state index < -0.39 is 12.1 Å². The molecular weight excluding hydrogens is 350 g/mol. The third-order valence-electron chi connectivity index (χ3n) is 4.90. The third-order valence-corrected chi connectivity index (χ3v) is 4.90. The zero-order chi connectivity index (χ0) is 19.6. The molecule has 3 amide bonds. The van der Waals surface area contributed by atoms with Crippen LogP contribution >= 0.6 is 0 Å².